The van der Waals surface area contributed by atoms with Gasteiger partial charge in [-0.3, -0.25) is 9.78 Å². The van der Waals surface area contributed by atoms with Crippen molar-refractivity contribution in [2.75, 3.05) is 16.8 Å². The highest BCUT2D eigenvalue weighted by Gasteiger charge is 2.21. The summed E-state index contributed by atoms with van der Waals surface area (Å²) in [5.74, 6) is 5.49. The summed E-state index contributed by atoms with van der Waals surface area (Å²) in [7, 11) is 0. The van der Waals surface area contributed by atoms with Gasteiger partial charge in [-0.05, 0) is 131 Å². The van der Waals surface area contributed by atoms with Crippen LogP contribution in [0.4, 0.5) is 17.1 Å². The van der Waals surface area contributed by atoms with Gasteiger partial charge in [0.1, 0.15) is 0 Å². The molecule has 1 amide bonds. The number of amides is 1. The molecule has 0 unspecified atom stereocenters. The number of carbonyl (C=O) groups excluding carboxylic acids is 1. The molecule has 14 nitrogen and oxygen atoms in total. The predicted molar refractivity (Wildman–Crippen MR) is 515 cm³/mol. The minimum Gasteiger partial charge on any atom is -0.398 e. The first-order chi connectivity index (χ1) is 62.1. The van der Waals surface area contributed by atoms with Gasteiger partial charge in [-0.15, -0.1) is 0 Å². The molecule has 0 saturated carbocycles. The lowest BCUT2D eigenvalue weighted by Gasteiger charge is -2.17. The van der Waals surface area contributed by atoms with E-state index in [1.54, 1.807) is 24.5 Å². The van der Waals surface area contributed by atoms with E-state index < -0.39 is 0 Å². The zero-order valence-electron chi connectivity index (χ0n) is 68.1. The summed E-state index contributed by atoms with van der Waals surface area (Å²) in [4.78, 5) is 60.9. The summed E-state index contributed by atoms with van der Waals surface area (Å²) in [6.07, 6.45) is 3.23. The number of rotatable bonds is 18. The molecule has 4 aromatic heterocycles. The van der Waals surface area contributed by atoms with Crippen LogP contribution in [-0.4, -0.2) is 55.7 Å². The normalized spacial score (nSPS) is 10.8. The molecule has 0 aliphatic rings. The molecule has 0 aliphatic carbocycles. The van der Waals surface area contributed by atoms with Crippen LogP contribution < -0.4 is 16.8 Å². The summed E-state index contributed by atoms with van der Waals surface area (Å²) in [5, 5.41) is 3.15. The second kappa shape index (κ2) is 37.9. The third-order valence-electron chi connectivity index (χ3n) is 21.4. The fourth-order valence-corrected chi connectivity index (χ4v) is 15.2. The Labute approximate surface area is 738 Å². The summed E-state index contributed by atoms with van der Waals surface area (Å²) < 4.78 is 0.886. The van der Waals surface area contributed by atoms with E-state index >= 15 is 0 Å². The van der Waals surface area contributed by atoms with Crippen molar-refractivity contribution in [2.45, 2.75) is 0 Å². The number of carbonyl (C=O) groups is 1. The number of benzene rings is 16. The van der Waals surface area contributed by atoms with E-state index in [1.807, 2.05) is 279 Å². The van der Waals surface area contributed by atoms with Crippen molar-refractivity contribution < 1.29 is 4.79 Å². The third-order valence-corrected chi connectivity index (χ3v) is 22.1. The van der Waals surface area contributed by atoms with Crippen molar-refractivity contribution in [3.8, 4) is 180 Å². The summed E-state index contributed by atoms with van der Waals surface area (Å²) in [5.41, 5.74) is 38.4. The number of nitrogens with zero attached hydrogens (tertiary/aromatic N) is 10. The average molecular weight is 1690 g/mol. The molecular formula is C111H78BrN13O. The van der Waals surface area contributed by atoms with Crippen LogP contribution >= 0.6 is 15.9 Å². The van der Waals surface area contributed by atoms with Gasteiger partial charge in [0, 0.05) is 95.1 Å². The highest BCUT2D eigenvalue weighted by atomic mass is 79.9. The first-order valence-electron chi connectivity index (χ1n) is 41.1. The first kappa shape index (κ1) is 80.3. The lowest BCUT2D eigenvalue weighted by atomic mass is 9.91. The summed E-state index contributed by atoms with van der Waals surface area (Å²) in [6.45, 7) is 0. The molecule has 0 aliphatic heterocycles. The second-order valence-electron chi connectivity index (χ2n) is 29.7. The maximum absolute atomic E-state index is 13.3. The van der Waals surface area contributed by atoms with Crippen LogP contribution in [0.1, 0.15) is 10.4 Å². The molecule has 15 heteroatoms. The SMILES string of the molecule is Nc1ccc(-c2ccc(-c3nc(-c4ccccc4)nc(-c4ccccc4)n3)cc2)cc1-c1ccccc1-c1ccccc1.Nc1ccc(-c2ccc(-c3nc(-c4ccccc4)nc(-c4ccccc4)n3)cc2)cc1Br.O=C(Nc1ccc(-c2ccc(-c3nc(-c4ccccc4)nc(-c4ccccc4)n3)cc2)cc1-c1ccccc1-c1ccccc1)c1cccnc1. The number of nitrogens with one attached hydrogen (secondary N) is 1. The van der Waals surface area contributed by atoms with Gasteiger partial charge in [0.25, 0.3) is 5.91 Å². The van der Waals surface area contributed by atoms with Crippen molar-refractivity contribution in [2.24, 2.45) is 0 Å². The number of hydrogen-bond donors (Lipinski definition) is 3. The zero-order chi connectivity index (χ0) is 85.3. The van der Waals surface area contributed by atoms with E-state index in [-0.39, 0.29) is 5.91 Å². The molecule has 126 heavy (non-hydrogen) atoms. The maximum Gasteiger partial charge on any atom is 0.257 e. The molecule has 0 bridgehead atoms. The molecule has 5 N–H and O–H groups in total. The quantitative estimate of drug-likeness (QED) is 0.0684. The van der Waals surface area contributed by atoms with E-state index in [9.17, 15) is 4.79 Å². The van der Waals surface area contributed by atoms with Gasteiger partial charge in [-0.2, -0.15) is 0 Å². The van der Waals surface area contributed by atoms with Crippen molar-refractivity contribution in [3.05, 3.63) is 453 Å². The molecule has 20 aromatic rings. The summed E-state index contributed by atoms with van der Waals surface area (Å²) in [6, 6.07) is 144. The standard InChI is InChI=1S/C45H31N5O.C39H28N4.C27H19BrN4/c51-45(37-19-12-28-46-30-37)47-41-27-26-36(29-40(41)39-21-11-10-20-38(39)32-13-4-1-5-14-32)31-22-24-35(25-23-31)44-49-42(33-15-6-2-7-16-33)48-43(50-44)34-17-8-3-9-18-34;40-36-25-24-32(26-35(36)34-19-11-10-18-33(34)28-12-4-1-5-13-28)27-20-22-31(23-21-27)39-42-37(29-14-6-2-7-15-29)41-38(43-39)30-16-8-3-9-17-30;28-23-17-22(15-16-24(23)29)18-11-13-21(14-12-18)27-31-25(19-7-3-1-4-8-19)30-26(32-27)20-9-5-2-6-10-20/h1-30H,(H,47,51);1-26H,40H2;1-17H,29H2. The molecule has 0 spiro atoms. The molecular weight excluding hydrogens is 1610 g/mol. The Morgan fingerprint density at radius 2 is 0.460 bits per heavy atom. The van der Waals surface area contributed by atoms with E-state index in [2.05, 4.69) is 166 Å². The minimum absolute atomic E-state index is 0.222. The van der Waals surface area contributed by atoms with Gasteiger partial charge < -0.3 is 16.8 Å². The molecule has 0 radical (unpaired) electrons. The molecule has 0 saturated heterocycles. The topological polar surface area (TPSA) is 210 Å². The Kier molecular flexibility index (Phi) is 24.2. The summed E-state index contributed by atoms with van der Waals surface area (Å²) >= 11 is 3.50. The van der Waals surface area contributed by atoms with Crippen LogP contribution in [0.5, 0.6) is 0 Å². The fraction of sp³-hybridized carbons (Fsp3) is 0. The Balaban J connectivity index is 0.000000131. The van der Waals surface area contributed by atoms with Crippen LogP contribution in [0.3, 0.4) is 0 Å². The van der Waals surface area contributed by atoms with E-state index in [0.717, 1.165) is 144 Å². The number of nitrogen functional groups attached to an aromatic ring is 2. The lowest BCUT2D eigenvalue weighted by molar-refractivity contribution is 0.102. The number of halogens is 1. The van der Waals surface area contributed by atoms with Crippen LogP contribution in [-0.2, 0) is 0 Å². The minimum atomic E-state index is -0.222. The molecule has 0 fully saturated rings. The average Bonchev–Trinajstić information content (AvgIpc) is 0.780. The first-order valence-corrected chi connectivity index (χ1v) is 41.9. The molecule has 16 aromatic carbocycles. The largest absolute Gasteiger partial charge is 0.398 e. The van der Waals surface area contributed by atoms with Gasteiger partial charge in [-0.25, -0.2) is 44.9 Å². The number of hydrogen-bond acceptors (Lipinski definition) is 13. The van der Waals surface area contributed by atoms with E-state index in [1.165, 1.54) is 0 Å². The van der Waals surface area contributed by atoms with Gasteiger partial charge >= 0.3 is 0 Å². The molecule has 600 valence electrons. The lowest BCUT2D eigenvalue weighted by Crippen LogP contribution is -2.13. The van der Waals surface area contributed by atoms with Crippen LogP contribution in [0.2, 0.25) is 0 Å². The highest BCUT2D eigenvalue weighted by Crippen LogP contribution is 2.42. The third kappa shape index (κ3) is 18.7. The Morgan fingerprint density at radius 3 is 0.770 bits per heavy atom. The Bertz CT molecular complexity index is 6990. The van der Waals surface area contributed by atoms with Gasteiger partial charge in [0.15, 0.2) is 52.4 Å². The Hall–Kier alpha value is -16.8. The zero-order valence-corrected chi connectivity index (χ0v) is 69.6. The van der Waals surface area contributed by atoms with Crippen molar-refractivity contribution in [1.82, 2.24) is 49.8 Å². The maximum atomic E-state index is 13.3. The van der Waals surface area contributed by atoms with E-state index in [0.29, 0.717) is 63.7 Å². The van der Waals surface area contributed by atoms with E-state index in [4.69, 9.17) is 56.3 Å². The van der Waals surface area contributed by atoms with Gasteiger partial charge in [-0.1, -0.05) is 382 Å². The smallest absolute Gasteiger partial charge is 0.257 e. The highest BCUT2D eigenvalue weighted by molar-refractivity contribution is 9.10. The van der Waals surface area contributed by atoms with Crippen molar-refractivity contribution in [1.29, 1.82) is 0 Å². The van der Waals surface area contributed by atoms with Crippen LogP contribution in [0, 0.1) is 0 Å². The number of pyridine rings is 1. The van der Waals surface area contributed by atoms with Crippen molar-refractivity contribution in [3.63, 3.8) is 0 Å². The number of anilines is 3. The monoisotopic (exact) mass is 1690 g/mol. The number of aromatic nitrogens is 10. The molecule has 0 atom stereocenters. The predicted octanol–water partition coefficient (Wildman–Crippen LogP) is 26.9. The second-order valence-corrected chi connectivity index (χ2v) is 30.5. The molecule has 4 heterocycles. The van der Waals surface area contributed by atoms with Crippen molar-refractivity contribution >= 4 is 38.9 Å². The van der Waals surface area contributed by atoms with Crippen LogP contribution in [0.15, 0.2) is 448 Å². The number of nitrogens with two attached hydrogens (primary N) is 2. The van der Waals surface area contributed by atoms with Gasteiger partial charge in [0.2, 0.25) is 0 Å². The Morgan fingerprint density at radius 1 is 0.214 bits per heavy atom. The van der Waals surface area contributed by atoms with Gasteiger partial charge in [0.05, 0.1) is 5.56 Å². The van der Waals surface area contributed by atoms with Crippen LogP contribution in [0.25, 0.3) is 180 Å². The molecule has 20 rings (SSSR count). The fourth-order valence-electron chi connectivity index (χ4n) is 14.8.